The summed E-state index contributed by atoms with van der Waals surface area (Å²) in [4.78, 5) is 32.0. The van der Waals surface area contributed by atoms with Gasteiger partial charge in [0.1, 0.15) is 29.5 Å². The van der Waals surface area contributed by atoms with Crippen LogP contribution in [0.15, 0.2) is 30.7 Å². The molecule has 0 spiro atoms. The second-order valence-corrected chi connectivity index (χ2v) is 12.8. The molecule has 1 atom stereocenters. The highest BCUT2D eigenvalue weighted by Gasteiger charge is 2.45. The molecule has 1 aliphatic carbocycles. The fraction of sp³-hybridized carbons (Fsp3) is 0.500. The topological polar surface area (TPSA) is 98.5 Å². The molecule has 2 aromatic heterocycles. The van der Waals surface area contributed by atoms with Crippen molar-refractivity contribution >= 4 is 22.6 Å². The molecule has 3 aliphatic heterocycles. The lowest BCUT2D eigenvalue weighted by atomic mass is 9.86. The molecule has 0 bridgehead atoms. The van der Waals surface area contributed by atoms with Crippen LogP contribution in [0.3, 0.4) is 0 Å². The van der Waals surface area contributed by atoms with Gasteiger partial charge < -0.3 is 14.5 Å². The smallest absolute Gasteiger partial charge is 0.319 e. The Morgan fingerprint density at radius 3 is 2.57 bits per heavy atom. The highest BCUT2D eigenvalue weighted by Crippen LogP contribution is 2.40. The molecule has 3 saturated heterocycles. The van der Waals surface area contributed by atoms with Crippen LogP contribution in [-0.4, -0.2) is 81.6 Å². The van der Waals surface area contributed by atoms with E-state index in [1.165, 1.54) is 17.2 Å². The van der Waals surface area contributed by atoms with E-state index in [2.05, 4.69) is 27.5 Å². The molecule has 46 heavy (non-hydrogen) atoms. The summed E-state index contributed by atoms with van der Waals surface area (Å²) in [5.41, 5.74) is 1.97. The number of fused-ring (bicyclic) bond motifs is 3. The second kappa shape index (κ2) is 12.2. The van der Waals surface area contributed by atoms with Gasteiger partial charge in [0.15, 0.2) is 11.6 Å². The molecule has 3 aromatic rings. The molecule has 0 N–H and O–H groups in total. The molecule has 0 unspecified atom stereocenters. The first-order valence-corrected chi connectivity index (χ1v) is 16.1. The number of halogens is 3. The Morgan fingerprint density at radius 1 is 1.07 bits per heavy atom. The number of carbonyl (C=O) groups excluding carboxylic acids is 1. The van der Waals surface area contributed by atoms with Crippen LogP contribution in [0.25, 0.3) is 22.2 Å². The zero-order valence-corrected chi connectivity index (χ0v) is 25.7. The first-order valence-electron chi connectivity index (χ1n) is 16.1. The number of piperazine rings is 1. The lowest BCUT2D eigenvalue weighted by Crippen LogP contribution is -2.55. The van der Waals surface area contributed by atoms with Crippen LogP contribution in [0.4, 0.5) is 19.0 Å². The van der Waals surface area contributed by atoms with Crippen molar-refractivity contribution in [2.75, 3.05) is 44.2 Å². The number of anilines is 1. The van der Waals surface area contributed by atoms with Crippen molar-refractivity contribution in [3.8, 4) is 23.3 Å². The molecular weight excluding hydrogens is 595 g/mol. The molecule has 4 aliphatic rings. The Bertz CT molecular complexity index is 1750. The Kier molecular flexibility index (Phi) is 8.05. The summed E-state index contributed by atoms with van der Waals surface area (Å²) in [6.45, 7) is 6.08. The van der Waals surface area contributed by atoms with Gasteiger partial charge in [-0.05, 0) is 87.7 Å². The van der Waals surface area contributed by atoms with Gasteiger partial charge in [0.25, 0.3) is 5.91 Å². The lowest BCUT2D eigenvalue weighted by molar-refractivity contribution is -0.131. The number of nitriles is 1. The maximum absolute atomic E-state index is 16.7. The van der Waals surface area contributed by atoms with E-state index in [1.54, 1.807) is 6.07 Å². The summed E-state index contributed by atoms with van der Waals surface area (Å²) in [5, 5.41) is 9.84. The van der Waals surface area contributed by atoms with Crippen molar-refractivity contribution in [1.29, 1.82) is 5.26 Å². The number of nitrogens with zero attached hydrogens (tertiary/aromatic N) is 7. The van der Waals surface area contributed by atoms with E-state index in [9.17, 15) is 18.8 Å². The van der Waals surface area contributed by atoms with Gasteiger partial charge in [-0.1, -0.05) is 6.58 Å². The molecule has 12 heteroatoms. The average Bonchev–Trinajstić information content (AvgIpc) is 3.65. The van der Waals surface area contributed by atoms with Gasteiger partial charge in [-0.3, -0.25) is 14.7 Å². The average molecular weight is 632 g/mol. The number of rotatable bonds is 7. The minimum atomic E-state index is -1.09. The molecular formula is C34H36F3N7O2. The molecule has 240 valence electrons. The van der Waals surface area contributed by atoms with Crippen molar-refractivity contribution in [2.45, 2.75) is 69.4 Å². The van der Waals surface area contributed by atoms with E-state index < -0.39 is 23.6 Å². The summed E-state index contributed by atoms with van der Waals surface area (Å²) in [5.74, 6) is -2.52. The standard InChI is InChI=1S/C34H36F3N7O2/c1-21(35)32(45)44-17-16-42(19-22(44)10-13-38)31-26-18-39-29(25-8-9-27(36)24-7-3-2-6-23(24)25)28(37)30(26)40-33(41-31)46-20-34-11-4-14-43(34)15-5-12-34/h8-9,18,22H,1-7,10-12,14-17,19-20H2/t22-/m0/s1. The van der Waals surface area contributed by atoms with Crippen LogP contribution in [0.2, 0.25) is 0 Å². The van der Waals surface area contributed by atoms with Gasteiger partial charge in [-0.15, -0.1) is 0 Å². The fourth-order valence-electron chi connectivity index (χ4n) is 7.97. The summed E-state index contributed by atoms with van der Waals surface area (Å²) >= 11 is 0. The van der Waals surface area contributed by atoms with Gasteiger partial charge >= 0.3 is 6.01 Å². The van der Waals surface area contributed by atoms with Crippen molar-refractivity contribution in [2.24, 2.45) is 0 Å². The molecule has 7 rings (SSSR count). The number of carbonyl (C=O) groups is 1. The number of aromatic nitrogens is 3. The summed E-state index contributed by atoms with van der Waals surface area (Å²) in [6, 6.07) is 4.44. The van der Waals surface area contributed by atoms with E-state index in [0.29, 0.717) is 41.8 Å². The van der Waals surface area contributed by atoms with E-state index >= 15 is 4.39 Å². The van der Waals surface area contributed by atoms with Gasteiger partial charge in [-0.25, -0.2) is 13.2 Å². The van der Waals surface area contributed by atoms with Gasteiger partial charge in [0, 0.05) is 31.4 Å². The number of hydrogen-bond acceptors (Lipinski definition) is 8. The molecule has 0 saturated carbocycles. The SMILES string of the molecule is C=C(F)C(=O)N1CCN(c2nc(OCC34CCCN3CCC4)nc3c(F)c(-c4ccc(F)c5c4CCCC5)ncc23)C[C@@H]1CC#N. The third kappa shape index (κ3) is 5.24. The summed E-state index contributed by atoms with van der Waals surface area (Å²) < 4.78 is 51.5. The Balaban J connectivity index is 1.31. The molecule has 0 radical (unpaired) electrons. The lowest BCUT2D eigenvalue weighted by Gasteiger charge is -2.41. The van der Waals surface area contributed by atoms with Crippen LogP contribution in [-0.2, 0) is 17.6 Å². The molecule has 5 heterocycles. The van der Waals surface area contributed by atoms with Crippen molar-refractivity contribution in [3.63, 3.8) is 0 Å². The maximum Gasteiger partial charge on any atom is 0.319 e. The quantitative estimate of drug-likeness (QED) is 0.326. The first kappa shape index (κ1) is 30.4. The van der Waals surface area contributed by atoms with Crippen molar-refractivity contribution < 1.29 is 22.7 Å². The van der Waals surface area contributed by atoms with Crippen LogP contribution in [0.5, 0.6) is 6.01 Å². The Hall–Kier alpha value is -4.24. The predicted molar refractivity (Wildman–Crippen MR) is 166 cm³/mol. The van der Waals surface area contributed by atoms with Crippen molar-refractivity contribution in [3.05, 3.63) is 53.5 Å². The van der Waals surface area contributed by atoms with Crippen LogP contribution < -0.4 is 9.64 Å². The number of pyridine rings is 1. The van der Waals surface area contributed by atoms with E-state index in [-0.39, 0.29) is 54.6 Å². The van der Waals surface area contributed by atoms with E-state index in [0.717, 1.165) is 57.2 Å². The largest absolute Gasteiger partial charge is 0.461 e. The monoisotopic (exact) mass is 631 g/mol. The molecule has 9 nitrogen and oxygen atoms in total. The Morgan fingerprint density at radius 2 is 1.83 bits per heavy atom. The van der Waals surface area contributed by atoms with Crippen LogP contribution in [0.1, 0.15) is 56.1 Å². The number of hydrogen-bond donors (Lipinski definition) is 0. The zero-order valence-electron chi connectivity index (χ0n) is 25.7. The Labute approximate surface area is 265 Å². The van der Waals surface area contributed by atoms with E-state index in [1.807, 2.05) is 4.90 Å². The third-order valence-electron chi connectivity index (χ3n) is 10.3. The number of amides is 1. The highest BCUT2D eigenvalue weighted by atomic mass is 19.1. The summed E-state index contributed by atoms with van der Waals surface area (Å²) in [6.07, 6.45) is 8.69. The van der Waals surface area contributed by atoms with Gasteiger partial charge in [0.05, 0.1) is 29.5 Å². The summed E-state index contributed by atoms with van der Waals surface area (Å²) in [7, 11) is 0. The molecule has 1 amide bonds. The predicted octanol–water partition coefficient (Wildman–Crippen LogP) is 5.27. The number of ether oxygens (including phenoxy) is 1. The van der Waals surface area contributed by atoms with Gasteiger partial charge in [0.2, 0.25) is 0 Å². The highest BCUT2D eigenvalue weighted by molar-refractivity contribution is 5.93. The second-order valence-electron chi connectivity index (χ2n) is 12.8. The van der Waals surface area contributed by atoms with Crippen molar-refractivity contribution in [1.82, 2.24) is 24.8 Å². The normalized spacial score (nSPS) is 20.8. The van der Waals surface area contributed by atoms with Crippen LogP contribution >= 0.6 is 0 Å². The third-order valence-corrected chi connectivity index (χ3v) is 10.3. The minimum absolute atomic E-state index is 0.0264. The maximum atomic E-state index is 16.7. The van der Waals surface area contributed by atoms with Gasteiger partial charge in [-0.2, -0.15) is 15.2 Å². The van der Waals surface area contributed by atoms with Crippen LogP contribution in [0, 0.1) is 23.0 Å². The fourth-order valence-corrected chi connectivity index (χ4v) is 7.97. The van der Waals surface area contributed by atoms with E-state index in [4.69, 9.17) is 9.72 Å². The first-order chi connectivity index (χ1) is 22.3. The molecule has 3 fully saturated rings. The minimum Gasteiger partial charge on any atom is -0.461 e. The molecule has 1 aromatic carbocycles. The number of benzene rings is 1. The zero-order chi connectivity index (χ0) is 32.0.